The molecule has 2 unspecified atom stereocenters. The topological polar surface area (TPSA) is 49.3 Å². The highest BCUT2D eigenvalue weighted by Gasteiger charge is 2.25. The molecule has 0 aromatic heterocycles. The van der Waals surface area contributed by atoms with Crippen molar-refractivity contribution >= 4 is 5.91 Å². The van der Waals surface area contributed by atoms with E-state index in [-0.39, 0.29) is 24.5 Å². The summed E-state index contributed by atoms with van der Waals surface area (Å²) < 4.78 is 13.3. The summed E-state index contributed by atoms with van der Waals surface area (Å²) >= 11 is 0. The summed E-state index contributed by atoms with van der Waals surface area (Å²) in [6.45, 7) is 1.89. The molecule has 1 amide bonds. The summed E-state index contributed by atoms with van der Waals surface area (Å²) in [5, 5.41) is 12.4. The molecule has 1 aromatic carbocycles. The maximum Gasteiger partial charge on any atom is 0.251 e. The van der Waals surface area contributed by atoms with Crippen molar-refractivity contribution in [1.29, 1.82) is 0 Å². The van der Waals surface area contributed by atoms with Crippen molar-refractivity contribution in [2.75, 3.05) is 6.61 Å². The second kappa shape index (κ2) is 6.84. The molecule has 4 heteroatoms. The van der Waals surface area contributed by atoms with Gasteiger partial charge < -0.3 is 10.4 Å². The Morgan fingerprint density at radius 2 is 2.10 bits per heavy atom. The average molecular weight is 279 g/mol. The number of hydrogen-bond donors (Lipinski definition) is 2. The number of carbonyl (C=O) groups is 1. The summed E-state index contributed by atoms with van der Waals surface area (Å²) in [6, 6.07) is 4.22. The lowest BCUT2D eigenvalue weighted by molar-refractivity contribution is 0.0898. The molecule has 20 heavy (non-hydrogen) atoms. The van der Waals surface area contributed by atoms with Crippen LogP contribution in [0.5, 0.6) is 0 Å². The van der Waals surface area contributed by atoms with Crippen LogP contribution in [-0.4, -0.2) is 23.7 Å². The van der Waals surface area contributed by atoms with Crippen LogP contribution >= 0.6 is 0 Å². The van der Waals surface area contributed by atoms with Crippen LogP contribution < -0.4 is 5.32 Å². The third-order valence-corrected chi connectivity index (χ3v) is 4.15. The van der Waals surface area contributed by atoms with Crippen LogP contribution in [0.15, 0.2) is 18.2 Å². The number of aliphatic hydroxyl groups excluding tert-OH is 1. The van der Waals surface area contributed by atoms with E-state index in [1.54, 1.807) is 13.0 Å². The van der Waals surface area contributed by atoms with Crippen LogP contribution in [-0.2, 0) is 0 Å². The fourth-order valence-corrected chi connectivity index (χ4v) is 2.88. The molecule has 2 N–H and O–H groups in total. The average Bonchev–Trinajstić information content (AvgIpc) is 2.66. The Kier molecular flexibility index (Phi) is 5.12. The van der Waals surface area contributed by atoms with E-state index in [1.165, 1.54) is 12.1 Å². The van der Waals surface area contributed by atoms with Gasteiger partial charge in [-0.25, -0.2) is 4.39 Å². The van der Waals surface area contributed by atoms with Crippen LogP contribution in [0.25, 0.3) is 0 Å². The Hall–Kier alpha value is -1.42. The standard InChI is InChI=1S/C16H22FNO2/c1-11-7-8-13(17)9-14(11)16(20)18-15-6-4-2-3-5-12(15)10-19/h7-9,12,15,19H,2-6,10H2,1H3,(H,18,20). The molecule has 1 aliphatic carbocycles. The van der Waals surface area contributed by atoms with Gasteiger partial charge in [-0.05, 0) is 37.5 Å². The molecule has 0 bridgehead atoms. The third-order valence-electron chi connectivity index (χ3n) is 4.15. The van der Waals surface area contributed by atoms with E-state index >= 15 is 0 Å². The monoisotopic (exact) mass is 279 g/mol. The molecule has 0 radical (unpaired) electrons. The lowest BCUT2D eigenvalue weighted by Crippen LogP contribution is -2.41. The Balaban J connectivity index is 2.11. The fraction of sp³-hybridized carbons (Fsp3) is 0.562. The van der Waals surface area contributed by atoms with E-state index in [0.717, 1.165) is 37.7 Å². The number of halogens is 1. The van der Waals surface area contributed by atoms with Gasteiger partial charge in [0.25, 0.3) is 5.91 Å². The lowest BCUT2D eigenvalue weighted by Gasteiger charge is -2.24. The number of rotatable bonds is 3. The minimum absolute atomic E-state index is 0.0160. The predicted molar refractivity (Wildman–Crippen MR) is 76.1 cm³/mol. The normalized spacial score (nSPS) is 23.1. The second-order valence-electron chi connectivity index (χ2n) is 5.62. The molecule has 1 fully saturated rings. The number of benzene rings is 1. The van der Waals surface area contributed by atoms with Gasteiger partial charge in [-0.15, -0.1) is 0 Å². The Labute approximate surface area is 119 Å². The summed E-state index contributed by atoms with van der Waals surface area (Å²) in [7, 11) is 0. The van der Waals surface area contributed by atoms with Crippen LogP contribution in [0.4, 0.5) is 4.39 Å². The van der Waals surface area contributed by atoms with Gasteiger partial charge in [-0.3, -0.25) is 4.79 Å². The van der Waals surface area contributed by atoms with Crippen molar-refractivity contribution in [2.45, 2.75) is 45.1 Å². The maximum atomic E-state index is 13.3. The summed E-state index contributed by atoms with van der Waals surface area (Å²) in [5.41, 5.74) is 1.14. The fourth-order valence-electron chi connectivity index (χ4n) is 2.88. The maximum absolute atomic E-state index is 13.3. The predicted octanol–water partition coefficient (Wildman–Crippen LogP) is 2.81. The molecule has 0 heterocycles. The smallest absolute Gasteiger partial charge is 0.251 e. The summed E-state index contributed by atoms with van der Waals surface area (Å²) in [6.07, 6.45) is 5.11. The number of hydrogen-bond acceptors (Lipinski definition) is 2. The molecule has 110 valence electrons. The molecule has 1 saturated carbocycles. The van der Waals surface area contributed by atoms with Gasteiger partial charge >= 0.3 is 0 Å². The number of amides is 1. The van der Waals surface area contributed by atoms with Gasteiger partial charge in [0.1, 0.15) is 5.82 Å². The van der Waals surface area contributed by atoms with Crippen LogP contribution in [0, 0.1) is 18.7 Å². The van der Waals surface area contributed by atoms with Gasteiger partial charge in [0, 0.05) is 24.1 Å². The first-order chi connectivity index (χ1) is 9.61. The van der Waals surface area contributed by atoms with E-state index in [2.05, 4.69) is 5.32 Å². The summed E-state index contributed by atoms with van der Waals surface area (Å²) in [5.74, 6) is -0.539. The number of carbonyl (C=O) groups excluding carboxylic acids is 1. The zero-order valence-corrected chi connectivity index (χ0v) is 11.9. The zero-order valence-electron chi connectivity index (χ0n) is 11.9. The van der Waals surface area contributed by atoms with Crippen LogP contribution in [0.1, 0.15) is 48.0 Å². The largest absolute Gasteiger partial charge is 0.396 e. The van der Waals surface area contributed by atoms with Crippen molar-refractivity contribution in [3.8, 4) is 0 Å². The summed E-state index contributed by atoms with van der Waals surface area (Å²) in [4.78, 5) is 12.3. The first-order valence-corrected chi connectivity index (χ1v) is 7.29. The zero-order chi connectivity index (χ0) is 14.5. The van der Waals surface area contributed by atoms with E-state index < -0.39 is 5.82 Å². The molecule has 0 spiro atoms. The van der Waals surface area contributed by atoms with Crippen molar-refractivity contribution in [2.24, 2.45) is 5.92 Å². The molecule has 1 aliphatic rings. The van der Waals surface area contributed by atoms with Gasteiger partial charge in [0.2, 0.25) is 0 Å². The first kappa shape index (κ1) is 15.0. The highest BCUT2D eigenvalue weighted by atomic mass is 19.1. The van der Waals surface area contributed by atoms with Crippen LogP contribution in [0.2, 0.25) is 0 Å². The van der Waals surface area contributed by atoms with E-state index in [9.17, 15) is 14.3 Å². The van der Waals surface area contributed by atoms with Gasteiger partial charge in [-0.1, -0.05) is 25.3 Å². The SMILES string of the molecule is Cc1ccc(F)cc1C(=O)NC1CCCCCC1CO. The molecule has 1 aromatic rings. The minimum atomic E-state index is -0.402. The van der Waals surface area contributed by atoms with Crippen LogP contribution in [0.3, 0.4) is 0 Å². The van der Waals surface area contributed by atoms with Crippen molar-refractivity contribution in [3.05, 3.63) is 35.1 Å². The van der Waals surface area contributed by atoms with Crippen molar-refractivity contribution < 1.29 is 14.3 Å². The van der Waals surface area contributed by atoms with Gasteiger partial charge in [0.05, 0.1) is 0 Å². The number of nitrogens with one attached hydrogen (secondary N) is 1. The molecule has 0 aliphatic heterocycles. The van der Waals surface area contributed by atoms with E-state index in [0.29, 0.717) is 5.56 Å². The van der Waals surface area contributed by atoms with Gasteiger partial charge in [0.15, 0.2) is 0 Å². The Bertz CT molecular complexity index is 476. The Morgan fingerprint density at radius 3 is 2.85 bits per heavy atom. The van der Waals surface area contributed by atoms with E-state index in [4.69, 9.17) is 0 Å². The van der Waals surface area contributed by atoms with Crippen molar-refractivity contribution in [1.82, 2.24) is 5.32 Å². The molecule has 0 saturated heterocycles. The Morgan fingerprint density at radius 1 is 1.35 bits per heavy atom. The highest BCUT2D eigenvalue weighted by Crippen LogP contribution is 2.23. The number of aryl methyl sites for hydroxylation is 1. The molecule has 3 nitrogen and oxygen atoms in total. The highest BCUT2D eigenvalue weighted by molar-refractivity contribution is 5.95. The molecule has 2 atom stereocenters. The quantitative estimate of drug-likeness (QED) is 0.836. The number of aliphatic hydroxyl groups is 1. The molecule has 2 rings (SSSR count). The van der Waals surface area contributed by atoms with Gasteiger partial charge in [-0.2, -0.15) is 0 Å². The van der Waals surface area contributed by atoms with Crippen molar-refractivity contribution in [3.63, 3.8) is 0 Å². The van der Waals surface area contributed by atoms with E-state index in [1.807, 2.05) is 0 Å². The second-order valence-corrected chi connectivity index (χ2v) is 5.62. The molecular weight excluding hydrogens is 257 g/mol. The lowest BCUT2D eigenvalue weighted by atomic mass is 9.95. The third kappa shape index (κ3) is 3.57. The molecular formula is C16H22FNO2. The minimum Gasteiger partial charge on any atom is -0.396 e. The first-order valence-electron chi connectivity index (χ1n) is 7.29.